The number of carbonyl (C=O) groups is 2. The first-order valence-corrected chi connectivity index (χ1v) is 12.0. The molecule has 0 saturated heterocycles. The van der Waals surface area contributed by atoms with Gasteiger partial charge in [0.05, 0.1) is 6.04 Å². The Kier molecular flexibility index (Phi) is 7.57. The molecule has 0 radical (unpaired) electrons. The average molecular weight is 507 g/mol. The molecule has 0 aliphatic rings. The molecule has 3 aromatic carbocycles. The molecule has 3 N–H and O–H groups in total. The lowest BCUT2D eigenvalue weighted by atomic mass is 10.0. The number of ether oxygens (including phenoxy) is 1. The molecule has 0 fully saturated rings. The van der Waals surface area contributed by atoms with Crippen molar-refractivity contribution in [2.45, 2.75) is 46.1 Å². The van der Waals surface area contributed by atoms with Gasteiger partial charge in [0.15, 0.2) is 0 Å². The number of aliphatic carboxylic acids is 1. The number of fused-ring (bicyclic) bond motifs is 1. The molecule has 1 aromatic heterocycles. The minimum absolute atomic E-state index is 0.0407. The third-order valence-corrected chi connectivity index (χ3v) is 6.39. The van der Waals surface area contributed by atoms with Crippen LogP contribution in [0.15, 0.2) is 54.6 Å². The Morgan fingerprint density at radius 3 is 2.51 bits per heavy atom. The normalized spacial score (nSPS) is 11.9. The first-order valence-electron chi connectivity index (χ1n) is 12.0. The van der Waals surface area contributed by atoms with Gasteiger partial charge in [-0.25, -0.2) is 8.78 Å². The molecule has 4 aromatic rings. The van der Waals surface area contributed by atoms with Gasteiger partial charge in [-0.15, -0.1) is 0 Å². The van der Waals surface area contributed by atoms with Crippen molar-refractivity contribution in [3.8, 4) is 11.5 Å². The molecule has 6 nitrogen and oxygen atoms in total. The summed E-state index contributed by atoms with van der Waals surface area (Å²) in [6, 6.07) is 13.4. The summed E-state index contributed by atoms with van der Waals surface area (Å²) in [4.78, 5) is 26.9. The number of carbonyl (C=O) groups excluding carboxylic acids is 1. The Morgan fingerprint density at radius 2 is 1.78 bits per heavy atom. The predicted octanol–water partition coefficient (Wildman–Crippen LogP) is 6.62. The summed E-state index contributed by atoms with van der Waals surface area (Å²) in [6.07, 6.45) is 1.16. The fraction of sp³-hybridized carbons (Fsp3) is 0.241. The third kappa shape index (κ3) is 5.97. The molecule has 1 atom stereocenters. The second kappa shape index (κ2) is 10.8. The number of halogens is 2. The highest BCUT2D eigenvalue weighted by atomic mass is 19.1. The lowest BCUT2D eigenvalue weighted by molar-refractivity contribution is -0.136. The number of aryl methyl sites for hydroxylation is 3. The van der Waals surface area contributed by atoms with E-state index < -0.39 is 23.7 Å². The molecule has 192 valence electrons. The number of carboxylic acids is 1. The van der Waals surface area contributed by atoms with Gasteiger partial charge in [0.2, 0.25) is 0 Å². The number of rotatable bonds is 9. The summed E-state index contributed by atoms with van der Waals surface area (Å²) in [5.74, 6) is -1.37. The first-order chi connectivity index (χ1) is 17.6. The summed E-state index contributed by atoms with van der Waals surface area (Å²) < 4.78 is 34.0. The summed E-state index contributed by atoms with van der Waals surface area (Å²) in [5, 5.41) is 12.4. The Bertz CT molecular complexity index is 1480. The first kappa shape index (κ1) is 25.9. The van der Waals surface area contributed by atoms with Gasteiger partial charge in [-0.2, -0.15) is 0 Å². The van der Waals surface area contributed by atoms with E-state index in [0.717, 1.165) is 11.1 Å². The standard InChI is InChI=1S/C29H28F2N2O4/c1-4-18-12-23(8-5-19(18)6-10-27(34)35)37-24-13-20(11-22(31)14-24)17(3)32-29(36)28-16(2)25-15-21(30)7-9-26(25)33-28/h5,7-9,11-15,17,33H,4,6,10H2,1-3H3,(H,32,36)(H,34,35)/t17-/m1/s1. The summed E-state index contributed by atoms with van der Waals surface area (Å²) >= 11 is 0. The van der Waals surface area contributed by atoms with Crippen LogP contribution < -0.4 is 10.1 Å². The Morgan fingerprint density at radius 1 is 1.00 bits per heavy atom. The minimum atomic E-state index is -0.857. The number of aromatic amines is 1. The maximum atomic E-state index is 14.5. The van der Waals surface area contributed by atoms with Crippen molar-refractivity contribution in [3.63, 3.8) is 0 Å². The van der Waals surface area contributed by atoms with Gasteiger partial charge >= 0.3 is 5.97 Å². The number of benzene rings is 3. The smallest absolute Gasteiger partial charge is 0.303 e. The van der Waals surface area contributed by atoms with Gasteiger partial charge in [0.1, 0.15) is 28.8 Å². The van der Waals surface area contributed by atoms with Crippen LogP contribution in [0.4, 0.5) is 8.78 Å². The Hall–Kier alpha value is -4.20. The van der Waals surface area contributed by atoms with E-state index in [4.69, 9.17) is 9.84 Å². The topological polar surface area (TPSA) is 91.4 Å². The van der Waals surface area contributed by atoms with Crippen LogP contribution >= 0.6 is 0 Å². The molecule has 0 aliphatic carbocycles. The predicted molar refractivity (Wildman–Crippen MR) is 137 cm³/mol. The van der Waals surface area contributed by atoms with Gasteiger partial charge in [-0.05, 0) is 91.4 Å². The molecule has 37 heavy (non-hydrogen) atoms. The monoisotopic (exact) mass is 506 g/mol. The van der Waals surface area contributed by atoms with E-state index in [0.29, 0.717) is 46.3 Å². The molecule has 0 unspecified atom stereocenters. The van der Waals surface area contributed by atoms with Crippen molar-refractivity contribution in [1.29, 1.82) is 0 Å². The molecule has 1 heterocycles. The highest BCUT2D eigenvalue weighted by Crippen LogP contribution is 2.29. The number of nitrogens with one attached hydrogen (secondary N) is 2. The van der Waals surface area contributed by atoms with Crippen LogP contribution in [0.5, 0.6) is 11.5 Å². The van der Waals surface area contributed by atoms with Gasteiger partial charge in [0.25, 0.3) is 5.91 Å². The Labute approximate surface area is 213 Å². The zero-order chi connectivity index (χ0) is 26.7. The number of hydrogen-bond donors (Lipinski definition) is 3. The van der Waals surface area contributed by atoms with Crippen LogP contribution in [0.1, 0.15) is 59.1 Å². The lowest BCUT2D eigenvalue weighted by Crippen LogP contribution is -2.27. The van der Waals surface area contributed by atoms with Crippen molar-refractivity contribution in [2.75, 3.05) is 0 Å². The highest BCUT2D eigenvalue weighted by molar-refractivity contribution is 6.01. The SMILES string of the molecule is CCc1cc(Oc2cc(F)cc([C@@H](C)NC(=O)c3[nH]c4ccc(F)cc4c3C)c2)ccc1CCC(=O)O. The van der Waals surface area contributed by atoms with E-state index in [2.05, 4.69) is 10.3 Å². The van der Waals surface area contributed by atoms with E-state index >= 15 is 0 Å². The third-order valence-electron chi connectivity index (χ3n) is 6.39. The largest absolute Gasteiger partial charge is 0.481 e. The molecule has 1 amide bonds. The van der Waals surface area contributed by atoms with E-state index in [9.17, 15) is 18.4 Å². The van der Waals surface area contributed by atoms with E-state index in [1.165, 1.54) is 24.3 Å². The number of amides is 1. The summed E-state index contributed by atoms with van der Waals surface area (Å²) in [6.45, 7) is 5.45. The molecule has 4 rings (SSSR count). The number of carboxylic acid groups (broad SMARTS) is 1. The van der Waals surface area contributed by atoms with Crippen LogP contribution in [-0.2, 0) is 17.6 Å². The summed E-state index contributed by atoms with van der Waals surface area (Å²) in [5.41, 5.74) is 4.00. The fourth-order valence-corrected chi connectivity index (χ4v) is 4.39. The zero-order valence-electron chi connectivity index (χ0n) is 20.8. The summed E-state index contributed by atoms with van der Waals surface area (Å²) in [7, 11) is 0. The molecule has 0 aliphatic heterocycles. The lowest BCUT2D eigenvalue weighted by Gasteiger charge is -2.16. The van der Waals surface area contributed by atoms with Gasteiger partial charge in [-0.1, -0.05) is 13.0 Å². The number of H-pyrrole nitrogens is 1. The maximum absolute atomic E-state index is 14.5. The van der Waals surface area contributed by atoms with Gasteiger partial charge < -0.3 is 20.1 Å². The van der Waals surface area contributed by atoms with Crippen LogP contribution in [0, 0.1) is 18.6 Å². The molecule has 0 saturated carbocycles. The van der Waals surface area contributed by atoms with Crippen molar-refractivity contribution in [3.05, 3.63) is 94.2 Å². The van der Waals surface area contributed by atoms with Crippen LogP contribution in [0.25, 0.3) is 10.9 Å². The van der Waals surface area contributed by atoms with Gasteiger partial charge in [0, 0.05) is 23.4 Å². The van der Waals surface area contributed by atoms with E-state index in [1.807, 2.05) is 19.1 Å². The van der Waals surface area contributed by atoms with Gasteiger partial charge in [-0.3, -0.25) is 9.59 Å². The van der Waals surface area contributed by atoms with Crippen LogP contribution in [0.3, 0.4) is 0 Å². The van der Waals surface area contributed by atoms with E-state index in [1.54, 1.807) is 32.0 Å². The van der Waals surface area contributed by atoms with E-state index in [-0.39, 0.29) is 18.0 Å². The number of hydrogen-bond acceptors (Lipinski definition) is 3. The average Bonchev–Trinajstić information content (AvgIpc) is 3.18. The van der Waals surface area contributed by atoms with Crippen molar-refractivity contribution in [1.82, 2.24) is 10.3 Å². The van der Waals surface area contributed by atoms with Crippen molar-refractivity contribution in [2.24, 2.45) is 0 Å². The molecular weight excluding hydrogens is 478 g/mol. The molecule has 0 spiro atoms. The van der Waals surface area contributed by atoms with Crippen LogP contribution in [-0.4, -0.2) is 22.0 Å². The highest BCUT2D eigenvalue weighted by Gasteiger charge is 2.19. The zero-order valence-corrected chi connectivity index (χ0v) is 20.8. The van der Waals surface area contributed by atoms with Crippen molar-refractivity contribution >= 4 is 22.8 Å². The number of aromatic nitrogens is 1. The molecule has 8 heteroatoms. The minimum Gasteiger partial charge on any atom is -0.481 e. The maximum Gasteiger partial charge on any atom is 0.303 e. The second-order valence-electron chi connectivity index (χ2n) is 9.01. The fourth-order valence-electron chi connectivity index (χ4n) is 4.39. The Balaban J connectivity index is 1.51. The van der Waals surface area contributed by atoms with Crippen LogP contribution in [0.2, 0.25) is 0 Å². The molecular formula is C29H28F2N2O4. The quantitative estimate of drug-likeness (QED) is 0.238. The molecule has 0 bridgehead atoms. The second-order valence-corrected chi connectivity index (χ2v) is 9.01. The van der Waals surface area contributed by atoms with Crippen molar-refractivity contribution < 1.29 is 28.2 Å².